The molecular formula is C13H13FN6O. The van der Waals surface area contributed by atoms with E-state index in [-0.39, 0.29) is 24.5 Å². The minimum atomic E-state index is -0.384. The first-order valence-corrected chi connectivity index (χ1v) is 6.33. The van der Waals surface area contributed by atoms with Gasteiger partial charge in [0.15, 0.2) is 5.65 Å². The van der Waals surface area contributed by atoms with Crippen molar-refractivity contribution in [2.24, 2.45) is 12.8 Å². The third kappa shape index (κ3) is 2.29. The molecule has 0 unspecified atom stereocenters. The van der Waals surface area contributed by atoms with Crippen molar-refractivity contribution >= 4 is 11.0 Å². The number of fused-ring (bicyclic) bond motifs is 1. The molecule has 2 heterocycles. The minimum Gasteiger partial charge on any atom is -0.326 e. The highest BCUT2D eigenvalue weighted by atomic mass is 19.1. The molecule has 2 aromatic heterocycles. The van der Waals surface area contributed by atoms with Gasteiger partial charge in [-0.15, -0.1) is 5.10 Å². The normalized spacial score (nSPS) is 11.2. The second-order valence-corrected chi connectivity index (χ2v) is 4.67. The maximum absolute atomic E-state index is 13.4. The lowest BCUT2D eigenvalue weighted by Gasteiger charge is -2.08. The fraction of sp³-hybridized carbons (Fsp3) is 0.231. The van der Waals surface area contributed by atoms with Gasteiger partial charge in [0.05, 0.1) is 12.7 Å². The van der Waals surface area contributed by atoms with Crippen molar-refractivity contribution in [3.8, 4) is 0 Å². The van der Waals surface area contributed by atoms with E-state index in [0.29, 0.717) is 16.6 Å². The van der Waals surface area contributed by atoms with Crippen molar-refractivity contribution < 1.29 is 4.39 Å². The molecule has 0 bridgehead atoms. The Labute approximate surface area is 118 Å². The molecule has 0 aliphatic rings. The fourth-order valence-electron chi connectivity index (χ4n) is 2.18. The van der Waals surface area contributed by atoms with Crippen LogP contribution in [-0.2, 0) is 20.1 Å². The lowest BCUT2D eigenvalue weighted by atomic mass is 10.1. The van der Waals surface area contributed by atoms with Gasteiger partial charge in [0.25, 0.3) is 5.56 Å². The van der Waals surface area contributed by atoms with Crippen molar-refractivity contribution in [1.29, 1.82) is 0 Å². The third-order valence-electron chi connectivity index (χ3n) is 3.33. The summed E-state index contributed by atoms with van der Waals surface area (Å²) in [5, 5.41) is 12.2. The van der Waals surface area contributed by atoms with Gasteiger partial charge in [0.2, 0.25) is 0 Å². The first-order valence-electron chi connectivity index (χ1n) is 6.33. The summed E-state index contributed by atoms with van der Waals surface area (Å²) in [4.78, 5) is 12.3. The van der Waals surface area contributed by atoms with Crippen molar-refractivity contribution in [3.63, 3.8) is 0 Å². The van der Waals surface area contributed by atoms with Crippen LogP contribution in [0.1, 0.15) is 11.1 Å². The first kappa shape index (κ1) is 13.4. The van der Waals surface area contributed by atoms with Crippen LogP contribution in [0.25, 0.3) is 11.0 Å². The van der Waals surface area contributed by atoms with Gasteiger partial charge in [0, 0.05) is 13.6 Å². The van der Waals surface area contributed by atoms with Gasteiger partial charge < -0.3 is 5.73 Å². The van der Waals surface area contributed by atoms with Crippen LogP contribution >= 0.6 is 0 Å². The van der Waals surface area contributed by atoms with Gasteiger partial charge in [-0.05, 0) is 23.3 Å². The minimum absolute atomic E-state index is 0.112. The molecular weight excluding hydrogens is 275 g/mol. The van der Waals surface area contributed by atoms with Crippen LogP contribution in [-0.4, -0.2) is 24.8 Å². The summed E-state index contributed by atoms with van der Waals surface area (Å²) in [5.41, 5.74) is 7.09. The Hall–Kier alpha value is -2.61. The summed E-state index contributed by atoms with van der Waals surface area (Å²) in [6.45, 7) is 0.369. The molecule has 0 aliphatic carbocycles. The van der Waals surface area contributed by atoms with Crippen molar-refractivity contribution in [2.75, 3.05) is 0 Å². The summed E-state index contributed by atoms with van der Waals surface area (Å²) >= 11 is 0. The number of benzene rings is 1. The number of nitrogens with two attached hydrogens (primary N) is 1. The van der Waals surface area contributed by atoms with Crippen molar-refractivity contribution in [3.05, 3.63) is 51.7 Å². The number of aryl methyl sites for hydroxylation is 1. The SMILES string of the molecule is Cn1ncc2c(=O)n(Cc3cc(F)ccc3CN)nnc21. The van der Waals surface area contributed by atoms with Crippen molar-refractivity contribution in [1.82, 2.24) is 24.8 Å². The van der Waals surface area contributed by atoms with E-state index in [0.717, 1.165) is 5.56 Å². The molecule has 0 saturated heterocycles. The predicted octanol–water partition coefficient (Wildman–Crippen LogP) is 0.171. The maximum Gasteiger partial charge on any atom is 0.281 e. The molecule has 108 valence electrons. The number of rotatable bonds is 3. The van der Waals surface area contributed by atoms with E-state index in [4.69, 9.17) is 5.73 Å². The molecule has 1 aromatic carbocycles. The second kappa shape index (κ2) is 5.06. The van der Waals surface area contributed by atoms with Crippen LogP contribution in [0.3, 0.4) is 0 Å². The topological polar surface area (TPSA) is 91.6 Å². The largest absolute Gasteiger partial charge is 0.326 e. The average molecular weight is 288 g/mol. The molecule has 0 atom stereocenters. The molecule has 3 aromatic rings. The fourth-order valence-corrected chi connectivity index (χ4v) is 2.18. The lowest BCUT2D eigenvalue weighted by molar-refractivity contribution is 0.583. The molecule has 3 rings (SSSR count). The van der Waals surface area contributed by atoms with Gasteiger partial charge in [-0.3, -0.25) is 4.79 Å². The Balaban J connectivity index is 2.08. The number of nitrogens with zero attached hydrogens (tertiary/aromatic N) is 5. The Morgan fingerprint density at radius 3 is 2.90 bits per heavy atom. The zero-order valence-corrected chi connectivity index (χ0v) is 11.3. The Kier molecular flexibility index (Phi) is 3.22. The van der Waals surface area contributed by atoms with Gasteiger partial charge in [-0.2, -0.15) is 5.10 Å². The van der Waals surface area contributed by atoms with Crippen molar-refractivity contribution in [2.45, 2.75) is 13.1 Å². The molecule has 8 heteroatoms. The standard InChI is InChI=1S/C13H13FN6O/c1-19-12-11(6-16-19)13(21)20(18-17-12)7-9-4-10(14)3-2-8(9)5-15/h2-4,6H,5,7,15H2,1H3. The summed E-state index contributed by atoms with van der Waals surface area (Å²) in [7, 11) is 1.68. The summed E-state index contributed by atoms with van der Waals surface area (Å²) in [6.07, 6.45) is 1.44. The first-order chi connectivity index (χ1) is 10.1. The zero-order chi connectivity index (χ0) is 15.0. The van der Waals surface area contributed by atoms with Crippen LogP contribution in [0.4, 0.5) is 4.39 Å². The average Bonchev–Trinajstić information content (AvgIpc) is 2.84. The highest BCUT2D eigenvalue weighted by Gasteiger charge is 2.11. The molecule has 0 radical (unpaired) electrons. The van der Waals surface area contributed by atoms with E-state index in [9.17, 15) is 9.18 Å². The Morgan fingerprint density at radius 1 is 1.33 bits per heavy atom. The highest BCUT2D eigenvalue weighted by Crippen LogP contribution is 2.12. The van der Waals surface area contributed by atoms with Gasteiger partial charge >= 0.3 is 0 Å². The molecule has 0 amide bonds. The number of aromatic nitrogens is 5. The summed E-state index contributed by atoms with van der Waals surface area (Å²) < 4.78 is 16.0. The number of hydrogen-bond donors (Lipinski definition) is 1. The molecule has 0 spiro atoms. The van der Waals surface area contributed by atoms with E-state index in [1.807, 2.05) is 0 Å². The molecule has 0 fully saturated rings. The monoisotopic (exact) mass is 288 g/mol. The van der Waals surface area contributed by atoms with Crippen LogP contribution in [0.15, 0.2) is 29.2 Å². The van der Waals surface area contributed by atoms with E-state index in [2.05, 4.69) is 15.4 Å². The number of halogens is 1. The van der Waals surface area contributed by atoms with Crippen LogP contribution in [0, 0.1) is 5.82 Å². The smallest absolute Gasteiger partial charge is 0.281 e. The Bertz CT molecular complexity index is 869. The van der Waals surface area contributed by atoms with Crippen LogP contribution in [0.5, 0.6) is 0 Å². The summed E-state index contributed by atoms with van der Waals surface area (Å²) in [6, 6.07) is 4.29. The molecule has 0 saturated carbocycles. The predicted molar refractivity (Wildman–Crippen MR) is 74.0 cm³/mol. The van der Waals surface area contributed by atoms with Gasteiger partial charge in [-0.25, -0.2) is 13.8 Å². The van der Waals surface area contributed by atoms with E-state index >= 15 is 0 Å². The number of hydrogen-bond acceptors (Lipinski definition) is 5. The quantitative estimate of drug-likeness (QED) is 0.742. The lowest BCUT2D eigenvalue weighted by Crippen LogP contribution is -2.25. The zero-order valence-electron chi connectivity index (χ0n) is 11.3. The molecule has 2 N–H and O–H groups in total. The summed E-state index contributed by atoms with van der Waals surface area (Å²) in [5.74, 6) is -0.384. The van der Waals surface area contributed by atoms with Gasteiger partial charge in [-0.1, -0.05) is 11.3 Å². The van der Waals surface area contributed by atoms with Crippen LogP contribution in [0.2, 0.25) is 0 Å². The third-order valence-corrected chi connectivity index (χ3v) is 3.33. The van der Waals surface area contributed by atoms with E-state index in [1.165, 1.54) is 27.7 Å². The van der Waals surface area contributed by atoms with E-state index in [1.54, 1.807) is 13.1 Å². The molecule has 0 aliphatic heterocycles. The molecule has 7 nitrogen and oxygen atoms in total. The van der Waals surface area contributed by atoms with Gasteiger partial charge in [0.1, 0.15) is 11.2 Å². The maximum atomic E-state index is 13.4. The van der Waals surface area contributed by atoms with E-state index < -0.39 is 0 Å². The Morgan fingerprint density at radius 2 is 2.14 bits per heavy atom. The van der Waals surface area contributed by atoms with Crippen LogP contribution < -0.4 is 11.3 Å². The molecule has 21 heavy (non-hydrogen) atoms. The highest BCUT2D eigenvalue weighted by molar-refractivity contribution is 5.72. The second-order valence-electron chi connectivity index (χ2n) is 4.67.